The maximum atomic E-state index is 13.2. The van der Waals surface area contributed by atoms with Crippen molar-refractivity contribution in [3.05, 3.63) is 85.8 Å². The maximum absolute atomic E-state index is 13.2. The lowest BCUT2D eigenvalue weighted by atomic mass is 10.1. The molecule has 0 saturated carbocycles. The average Bonchev–Trinajstić information content (AvgIpc) is 3.15. The highest BCUT2D eigenvalue weighted by atomic mass is 32.2. The summed E-state index contributed by atoms with van der Waals surface area (Å²) in [4.78, 5) is 37.7. The van der Waals surface area contributed by atoms with E-state index in [1.165, 1.54) is 27.4 Å². The van der Waals surface area contributed by atoms with Gasteiger partial charge in [-0.2, -0.15) is 0 Å². The highest BCUT2D eigenvalue weighted by molar-refractivity contribution is 7.98. The zero-order valence-corrected chi connectivity index (χ0v) is 21.5. The van der Waals surface area contributed by atoms with Gasteiger partial charge in [0.25, 0.3) is 11.5 Å². The third-order valence-electron chi connectivity index (χ3n) is 5.65. The van der Waals surface area contributed by atoms with Crippen LogP contribution in [0.25, 0.3) is 10.2 Å². The summed E-state index contributed by atoms with van der Waals surface area (Å²) in [7, 11) is 3.38. The van der Waals surface area contributed by atoms with E-state index in [1.807, 2.05) is 31.2 Å². The standard InChI is InChI=1S/C26H27N3O3S2/c1-15-9-10-16(2)20(11-15)33-14-21-27-24(30)22-17(3)23(34-25(22)28-21)26(31)29(4)13-18-7-6-8-19(12-18)32-5/h6-12H,13-14H2,1-5H3,(H,27,28,30). The van der Waals surface area contributed by atoms with Crippen molar-refractivity contribution in [2.45, 2.75) is 38.0 Å². The van der Waals surface area contributed by atoms with Gasteiger partial charge in [-0.15, -0.1) is 23.1 Å². The normalized spacial score (nSPS) is 11.1. The van der Waals surface area contributed by atoms with Crippen molar-refractivity contribution in [2.75, 3.05) is 14.2 Å². The third kappa shape index (κ3) is 5.03. The van der Waals surface area contributed by atoms with Crippen LogP contribution in [-0.4, -0.2) is 34.9 Å². The molecule has 176 valence electrons. The molecule has 6 nitrogen and oxygen atoms in total. The number of methoxy groups -OCH3 is 1. The Morgan fingerprint density at radius 2 is 1.97 bits per heavy atom. The fourth-order valence-corrected chi connectivity index (χ4v) is 5.95. The Morgan fingerprint density at radius 3 is 2.74 bits per heavy atom. The summed E-state index contributed by atoms with van der Waals surface area (Å²) in [5, 5.41) is 0.489. The summed E-state index contributed by atoms with van der Waals surface area (Å²) in [6.07, 6.45) is 0. The molecule has 0 aliphatic carbocycles. The first-order chi connectivity index (χ1) is 16.3. The van der Waals surface area contributed by atoms with Crippen molar-refractivity contribution in [2.24, 2.45) is 0 Å². The molecule has 34 heavy (non-hydrogen) atoms. The van der Waals surface area contributed by atoms with E-state index < -0.39 is 0 Å². The molecule has 2 aromatic carbocycles. The van der Waals surface area contributed by atoms with Gasteiger partial charge in [-0.3, -0.25) is 9.59 Å². The van der Waals surface area contributed by atoms with Crippen LogP contribution >= 0.6 is 23.1 Å². The lowest BCUT2D eigenvalue weighted by molar-refractivity contribution is 0.0789. The van der Waals surface area contributed by atoms with Gasteiger partial charge in [0.05, 0.1) is 23.1 Å². The fraction of sp³-hybridized carbons (Fsp3) is 0.269. The first-order valence-corrected chi connectivity index (χ1v) is 12.7. The van der Waals surface area contributed by atoms with Crippen molar-refractivity contribution in [1.82, 2.24) is 14.9 Å². The molecule has 0 spiro atoms. The molecule has 4 aromatic rings. The predicted octanol–water partition coefficient (Wildman–Crippen LogP) is 5.48. The molecular formula is C26H27N3O3S2. The molecule has 8 heteroatoms. The predicted molar refractivity (Wildman–Crippen MR) is 139 cm³/mol. The third-order valence-corrected chi connectivity index (χ3v) is 7.99. The molecule has 0 bridgehead atoms. The number of nitrogens with zero attached hydrogens (tertiary/aromatic N) is 2. The number of nitrogens with one attached hydrogen (secondary N) is 1. The van der Waals surface area contributed by atoms with Gasteiger partial charge in [0.1, 0.15) is 16.4 Å². The van der Waals surface area contributed by atoms with Gasteiger partial charge in [0.2, 0.25) is 0 Å². The Bertz CT molecular complexity index is 1420. The van der Waals surface area contributed by atoms with Crippen molar-refractivity contribution in [3.8, 4) is 5.75 Å². The summed E-state index contributed by atoms with van der Waals surface area (Å²) in [5.74, 6) is 1.77. The number of thiophene rings is 1. The summed E-state index contributed by atoms with van der Waals surface area (Å²) in [5.41, 5.74) is 3.82. The zero-order chi connectivity index (χ0) is 24.4. The summed E-state index contributed by atoms with van der Waals surface area (Å²) in [6, 6.07) is 14.0. The van der Waals surface area contributed by atoms with Crippen LogP contribution < -0.4 is 10.3 Å². The minimum Gasteiger partial charge on any atom is -0.497 e. The Balaban J connectivity index is 1.57. The number of H-pyrrole nitrogens is 1. The van der Waals surface area contributed by atoms with Crippen molar-refractivity contribution >= 4 is 39.2 Å². The molecule has 0 unspecified atom stereocenters. The Labute approximate surface area is 207 Å². The largest absolute Gasteiger partial charge is 0.497 e. The maximum Gasteiger partial charge on any atom is 0.264 e. The fourth-order valence-electron chi connectivity index (χ4n) is 3.76. The van der Waals surface area contributed by atoms with E-state index in [-0.39, 0.29) is 11.5 Å². The van der Waals surface area contributed by atoms with Crippen LogP contribution in [0.3, 0.4) is 0 Å². The number of ether oxygens (including phenoxy) is 1. The molecule has 0 saturated heterocycles. The molecule has 1 amide bonds. The number of benzene rings is 2. The Kier molecular flexibility index (Phi) is 7.09. The Morgan fingerprint density at radius 1 is 1.18 bits per heavy atom. The molecule has 1 N–H and O–H groups in total. The number of fused-ring (bicyclic) bond motifs is 1. The van der Waals surface area contributed by atoms with Crippen LogP contribution in [-0.2, 0) is 12.3 Å². The molecular weight excluding hydrogens is 466 g/mol. The molecule has 2 heterocycles. The number of aryl methyl sites for hydroxylation is 3. The number of thioether (sulfide) groups is 1. The summed E-state index contributed by atoms with van der Waals surface area (Å²) < 4.78 is 5.28. The molecule has 0 fully saturated rings. The van der Waals surface area contributed by atoms with Gasteiger partial charge >= 0.3 is 0 Å². The molecule has 0 aliphatic heterocycles. The first kappa shape index (κ1) is 24.0. The second-order valence-electron chi connectivity index (χ2n) is 8.32. The number of carbonyl (C=O) groups is 1. The molecule has 0 atom stereocenters. The van der Waals surface area contributed by atoms with Crippen molar-refractivity contribution < 1.29 is 9.53 Å². The Hall–Kier alpha value is -3.10. The monoisotopic (exact) mass is 493 g/mol. The smallest absolute Gasteiger partial charge is 0.264 e. The van der Waals surface area contributed by atoms with Crippen LogP contribution in [0.4, 0.5) is 0 Å². The number of rotatable bonds is 7. The lowest BCUT2D eigenvalue weighted by Gasteiger charge is -2.17. The SMILES string of the molecule is COc1cccc(CN(C)C(=O)c2sc3nc(CSc4cc(C)ccc4C)[nH]c(=O)c3c2C)c1. The lowest BCUT2D eigenvalue weighted by Crippen LogP contribution is -2.26. The second-order valence-corrected chi connectivity index (χ2v) is 10.3. The average molecular weight is 494 g/mol. The molecule has 0 aliphatic rings. The van der Waals surface area contributed by atoms with Crippen molar-refractivity contribution in [1.29, 1.82) is 0 Å². The van der Waals surface area contributed by atoms with E-state index >= 15 is 0 Å². The van der Waals surface area contributed by atoms with E-state index in [0.29, 0.717) is 38.8 Å². The van der Waals surface area contributed by atoms with E-state index in [2.05, 4.69) is 42.0 Å². The van der Waals surface area contributed by atoms with Crippen LogP contribution in [0, 0.1) is 20.8 Å². The molecule has 4 rings (SSSR count). The molecule has 2 aromatic heterocycles. The number of aromatic amines is 1. The summed E-state index contributed by atoms with van der Waals surface area (Å²) >= 11 is 2.92. The number of aromatic nitrogens is 2. The van der Waals surface area contributed by atoms with E-state index in [9.17, 15) is 9.59 Å². The van der Waals surface area contributed by atoms with Gasteiger partial charge in [0.15, 0.2) is 0 Å². The highest BCUT2D eigenvalue weighted by Crippen LogP contribution is 2.30. The van der Waals surface area contributed by atoms with E-state index in [4.69, 9.17) is 4.74 Å². The first-order valence-electron chi connectivity index (χ1n) is 10.9. The summed E-state index contributed by atoms with van der Waals surface area (Å²) in [6.45, 7) is 6.38. The van der Waals surface area contributed by atoms with Crippen LogP contribution in [0.2, 0.25) is 0 Å². The quantitative estimate of drug-likeness (QED) is 0.345. The van der Waals surface area contributed by atoms with Gasteiger partial charge < -0.3 is 14.6 Å². The molecule has 0 radical (unpaired) electrons. The number of hydrogen-bond donors (Lipinski definition) is 1. The second kappa shape index (κ2) is 10.0. The van der Waals surface area contributed by atoms with Crippen molar-refractivity contribution in [3.63, 3.8) is 0 Å². The van der Waals surface area contributed by atoms with Gasteiger partial charge in [-0.25, -0.2) is 4.98 Å². The van der Waals surface area contributed by atoms with Gasteiger partial charge in [0, 0.05) is 18.5 Å². The highest BCUT2D eigenvalue weighted by Gasteiger charge is 2.22. The van der Waals surface area contributed by atoms with E-state index in [0.717, 1.165) is 11.3 Å². The van der Waals surface area contributed by atoms with Gasteiger partial charge in [-0.05, 0) is 55.7 Å². The minimum absolute atomic E-state index is 0.131. The number of carbonyl (C=O) groups excluding carboxylic acids is 1. The van der Waals surface area contributed by atoms with Crippen LogP contribution in [0.1, 0.15) is 37.7 Å². The van der Waals surface area contributed by atoms with E-state index in [1.54, 1.807) is 30.8 Å². The number of hydrogen-bond acceptors (Lipinski definition) is 6. The number of amides is 1. The topological polar surface area (TPSA) is 75.3 Å². The van der Waals surface area contributed by atoms with Crippen LogP contribution in [0.5, 0.6) is 5.75 Å². The zero-order valence-electron chi connectivity index (χ0n) is 19.9. The minimum atomic E-state index is -0.204. The van der Waals surface area contributed by atoms with Gasteiger partial charge in [-0.1, -0.05) is 29.8 Å². The van der Waals surface area contributed by atoms with Crippen LogP contribution in [0.15, 0.2) is 52.2 Å².